The van der Waals surface area contributed by atoms with Gasteiger partial charge in [0.15, 0.2) is 18.0 Å². The highest BCUT2D eigenvalue weighted by molar-refractivity contribution is 7.34. The summed E-state index contributed by atoms with van der Waals surface area (Å²) >= 11 is 0. The molecule has 0 saturated carbocycles. The Morgan fingerprint density at radius 2 is 2.02 bits per heavy atom. The molecule has 4 N–H and O–H groups in total. The summed E-state index contributed by atoms with van der Waals surface area (Å²) in [5.41, 5.74) is 12.4. The highest BCUT2D eigenvalue weighted by Crippen LogP contribution is 2.41. The maximum atomic E-state index is 12.7. The van der Waals surface area contributed by atoms with Crippen LogP contribution in [0.5, 0.6) is 17.2 Å². The normalized spacial score (nSPS) is 22.0. The number of carbonyl (C=O) groups excluding carboxylic acids is 1. The molecule has 17 nitrogen and oxygen atoms in total. The maximum absolute atomic E-state index is 12.7. The lowest BCUT2D eigenvalue weighted by Gasteiger charge is -2.26. The third-order valence-electron chi connectivity index (χ3n) is 6.34. The summed E-state index contributed by atoms with van der Waals surface area (Å²) in [7, 11) is -1.45. The Morgan fingerprint density at radius 3 is 2.70 bits per heavy atom. The molecule has 0 aliphatic carbocycles. The minimum Gasteiger partial charge on any atom is -0.575 e. The molecular weight excluding hydrogens is 601 g/mol. The van der Waals surface area contributed by atoms with Crippen LogP contribution in [0, 0.1) is 0 Å². The van der Waals surface area contributed by atoms with Gasteiger partial charge in [-0.3, -0.25) is 9.09 Å². The first-order valence-electron chi connectivity index (χ1n) is 12.9. The number of nitrogens with two attached hydrogens (primary N) is 1. The number of hydrogen-bond acceptors (Lipinski definition) is 14. The molecule has 1 aromatic heterocycles. The van der Waals surface area contributed by atoms with Crippen molar-refractivity contribution in [2.24, 2.45) is 9.86 Å². The second-order valence-corrected chi connectivity index (χ2v) is 10.2. The van der Waals surface area contributed by atoms with Crippen LogP contribution in [0.4, 0.5) is 5.82 Å². The Balaban J connectivity index is 1.51. The van der Waals surface area contributed by atoms with Crippen molar-refractivity contribution >= 4 is 20.0 Å². The minimum absolute atomic E-state index is 0.00746. The zero-order valence-electron chi connectivity index (χ0n) is 23.4. The van der Waals surface area contributed by atoms with Gasteiger partial charge in [0.25, 0.3) is 0 Å². The largest absolute Gasteiger partial charge is 0.575 e. The van der Waals surface area contributed by atoms with Crippen LogP contribution in [0.3, 0.4) is 0 Å². The van der Waals surface area contributed by atoms with E-state index < -0.39 is 56.6 Å². The van der Waals surface area contributed by atoms with Gasteiger partial charge in [0.1, 0.15) is 37.0 Å². The number of esters is 1. The number of benzene rings is 2. The minimum atomic E-state index is -2.83. The molecule has 1 saturated heterocycles. The van der Waals surface area contributed by atoms with Crippen LogP contribution in [0.25, 0.3) is 10.4 Å². The van der Waals surface area contributed by atoms with E-state index in [9.17, 15) is 30.2 Å². The molecule has 18 heteroatoms. The van der Waals surface area contributed by atoms with Crippen molar-refractivity contribution in [2.45, 2.75) is 43.7 Å². The lowest BCUT2D eigenvalue weighted by atomic mass is 10.1. The predicted octanol–water partition coefficient (Wildman–Crippen LogP) is 1.54. The van der Waals surface area contributed by atoms with Crippen molar-refractivity contribution < 1.29 is 43.4 Å². The molecule has 1 aliphatic heterocycles. The molecule has 3 aromatic rings. The van der Waals surface area contributed by atoms with Crippen molar-refractivity contribution in [1.82, 2.24) is 9.55 Å². The van der Waals surface area contributed by atoms with E-state index in [0.29, 0.717) is 0 Å². The molecule has 0 radical (unpaired) electrons. The molecule has 1 unspecified atom stereocenters. The van der Waals surface area contributed by atoms with Crippen LogP contribution in [0.1, 0.15) is 18.7 Å². The average Bonchev–Trinajstić information content (AvgIpc) is 3.25. The predicted molar refractivity (Wildman–Crippen MR) is 151 cm³/mol. The average molecular weight is 630 g/mol. The number of aliphatic hydroxyl groups is 2. The Hall–Kier alpha value is -4.76. The molecule has 2 aromatic carbocycles. The zero-order chi connectivity index (χ0) is 31.9. The van der Waals surface area contributed by atoms with Gasteiger partial charge in [0.2, 0.25) is 11.5 Å². The number of methoxy groups -OCH3 is 1. The number of anilines is 1. The maximum Gasteiger partial charge on any atom is 0.395 e. The highest BCUT2D eigenvalue weighted by Gasteiger charge is 2.56. The number of rotatable bonds is 12. The number of aliphatic hydroxyl groups excluding tert-OH is 2. The number of nitrogen functional groups attached to an aromatic ring is 1. The standard InChI is InChI=1S/C26H28N7O10P/c1-15(24(36)40-13-16-6-4-3-5-7-16)30-44(38)43-18-9-8-17(39-2)12-19(18)41-14-26(31-32-28)22(35)21(34)23(42-26)33-11-10-20(27)29-25(33)37/h3-12,15,21-23,34-35H,13-14H2,1-2H3,(H2,27,29,37)/t15-,21+,22-,23+,26+/m0/s1. The monoisotopic (exact) mass is 629 g/mol. The van der Waals surface area contributed by atoms with Crippen molar-refractivity contribution in [1.29, 1.82) is 0 Å². The lowest BCUT2D eigenvalue weighted by molar-refractivity contribution is -0.170. The summed E-state index contributed by atoms with van der Waals surface area (Å²) in [6.07, 6.45) is -3.98. The second-order valence-electron chi connectivity index (χ2n) is 9.34. The Kier molecular flexibility index (Phi) is 10.3. The van der Waals surface area contributed by atoms with E-state index in [1.54, 1.807) is 24.3 Å². The third-order valence-corrected chi connectivity index (χ3v) is 7.22. The molecule has 2 heterocycles. The Labute approximate surface area is 250 Å². The molecular formula is C26H28N7O10P. The van der Waals surface area contributed by atoms with Gasteiger partial charge in [0, 0.05) is 17.2 Å². The first-order chi connectivity index (χ1) is 21.1. The van der Waals surface area contributed by atoms with E-state index in [0.717, 1.165) is 10.1 Å². The van der Waals surface area contributed by atoms with Gasteiger partial charge < -0.3 is 39.8 Å². The highest BCUT2D eigenvalue weighted by atomic mass is 31.1. The van der Waals surface area contributed by atoms with Crippen molar-refractivity contribution in [3.63, 3.8) is 0 Å². The molecule has 0 spiro atoms. The first-order valence-corrected chi connectivity index (χ1v) is 14.0. The van der Waals surface area contributed by atoms with Gasteiger partial charge in [-0.05, 0) is 36.2 Å². The number of azide groups is 1. The fourth-order valence-corrected chi connectivity index (χ4v) is 4.79. The van der Waals surface area contributed by atoms with E-state index >= 15 is 0 Å². The Bertz CT molecular complexity index is 1620. The van der Waals surface area contributed by atoms with E-state index in [1.165, 1.54) is 44.5 Å². The Morgan fingerprint density at radius 1 is 1.27 bits per heavy atom. The topological polar surface area (TPSA) is 249 Å². The molecule has 0 amide bonds. The molecule has 1 fully saturated rings. The van der Waals surface area contributed by atoms with E-state index in [4.69, 9.17) is 29.2 Å². The number of carbonyl (C=O) groups is 1. The van der Waals surface area contributed by atoms with Gasteiger partial charge in [-0.1, -0.05) is 40.2 Å². The van der Waals surface area contributed by atoms with Crippen molar-refractivity contribution in [3.05, 3.63) is 87.3 Å². The number of aromatic nitrogens is 2. The number of ether oxygens (including phenoxy) is 4. The summed E-state index contributed by atoms with van der Waals surface area (Å²) in [5, 5.41) is 25.0. The van der Waals surface area contributed by atoms with Crippen LogP contribution >= 0.6 is 8.17 Å². The summed E-state index contributed by atoms with van der Waals surface area (Å²) in [4.78, 5) is 43.7. The van der Waals surface area contributed by atoms with Gasteiger partial charge in [-0.15, -0.1) is 0 Å². The lowest BCUT2D eigenvalue weighted by Crippen LogP contribution is -2.46. The van der Waals surface area contributed by atoms with Gasteiger partial charge >= 0.3 is 19.8 Å². The molecule has 44 heavy (non-hydrogen) atoms. The van der Waals surface area contributed by atoms with Gasteiger partial charge in [0.05, 0.1) is 7.11 Å². The van der Waals surface area contributed by atoms with Crippen LogP contribution in [0.2, 0.25) is 0 Å². The summed E-state index contributed by atoms with van der Waals surface area (Å²) in [6.45, 7) is 0.678. The van der Waals surface area contributed by atoms with Crippen LogP contribution in [0.15, 0.2) is 75.4 Å². The number of hydrogen-bond donors (Lipinski definition) is 3. The molecule has 1 aliphatic rings. The van der Waals surface area contributed by atoms with E-state index in [2.05, 4.69) is 19.8 Å². The van der Waals surface area contributed by atoms with Crippen LogP contribution in [-0.4, -0.2) is 63.4 Å². The fourth-order valence-electron chi connectivity index (χ4n) is 4.05. The van der Waals surface area contributed by atoms with Gasteiger partial charge in [-0.25, -0.2) is 9.59 Å². The van der Waals surface area contributed by atoms with Crippen molar-refractivity contribution in [2.75, 3.05) is 19.5 Å². The molecule has 6 atom stereocenters. The second kappa shape index (κ2) is 14.1. The fraction of sp³-hybridized carbons (Fsp3) is 0.346. The summed E-state index contributed by atoms with van der Waals surface area (Å²) in [5.74, 6) is -0.771. The smallest absolute Gasteiger partial charge is 0.395 e. The molecule has 0 bridgehead atoms. The molecule has 232 valence electrons. The van der Waals surface area contributed by atoms with E-state index in [1.807, 2.05) is 6.07 Å². The SMILES string of the molecule is COc1ccc(O[P+]([O-])=N[C@@H](C)C(=O)OCc2ccccc2)c(OC[C@@]2(N=[N+]=[N-])O[C@@H](n3ccc(N)nc3=O)[C@H](O)[C@@H]2O)c1. The van der Waals surface area contributed by atoms with E-state index in [-0.39, 0.29) is 29.7 Å². The van der Waals surface area contributed by atoms with Crippen molar-refractivity contribution in [3.8, 4) is 17.2 Å². The molecule has 4 rings (SSSR count). The van der Waals surface area contributed by atoms with Crippen LogP contribution in [-0.2, 0) is 20.9 Å². The number of nitrogens with zero attached hydrogens (tertiary/aromatic N) is 6. The van der Waals surface area contributed by atoms with Crippen LogP contribution < -0.4 is 30.3 Å². The zero-order valence-corrected chi connectivity index (χ0v) is 24.3. The summed E-state index contributed by atoms with van der Waals surface area (Å²) in [6, 6.07) is 13.3. The first kappa shape index (κ1) is 32.2. The van der Waals surface area contributed by atoms with Gasteiger partial charge in [-0.2, -0.15) is 4.98 Å². The summed E-state index contributed by atoms with van der Waals surface area (Å²) < 4.78 is 32.0. The quantitative estimate of drug-likeness (QED) is 0.0848. The third kappa shape index (κ3) is 7.41.